The van der Waals surface area contributed by atoms with Crippen molar-refractivity contribution in [1.29, 1.82) is 0 Å². The van der Waals surface area contributed by atoms with Crippen molar-refractivity contribution < 1.29 is 9.90 Å². The second-order valence-electron chi connectivity index (χ2n) is 5.50. The molecule has 102 valence electrons. The van der Waals surface area contributed by atoms with Gasteiger partial charge in [-0.25, -0.2) is 0 Å². The number of benzene rings is 1. The lowest BCUT2D eigenvalue weighted by Gasteiger charge is -2.31. The summed E-state index contributed by atoms with van der Waals surface area (Å²) in [5.41, 5.74) is 0.133. The number of hydrogen-bond acceptors (Lipinski definition) is 3. The van der Waals surface area contributed by atoms with E-state index in [1.165, 1.54) is 5.01 Å². The van der Waals surface area contributed by atoms with E-state index in [0.29, 0.717) is 18.4 Å². The van der Waals surface area contributed by atoms with Gasteiger partial charge in [0.15, 0.2) is 5.72 Å². The summed E-state index contributed by atoms with van der Waals surface area (Å²) < 4.78 is 0. The molecule has 1 aliphatic heterocycles. The molecule has 1 atom stereocenters. The standard InChI is InChI=1S/C15H20N2O2/c1-11(2)9-14(18)17-15(19,10-12(3)16-17)13-7-5-4-6-8-13/h4-8,11,19H,9-10H2,1-3H3. The molecule has 0 spiro atoms. The quantitative estimate of drug-likeness (QED) is 0.907. The van der Waals surface area contributed by atoms with Crippen LogP contribution in [0.1, 0.15) is 39.2 Å². The molecule has 2 rings (SSSR count). The Morgan fingerprint density at radius 1 is 1.42 bits per heavy atom. The van der Waals surface area contributed by atoms with E-state index in [0.717, 1.165) is 5.71 Å². The normalized spacial score (nSPS) is 22.8. The molecule has 1 N–H and O–H groups in total. The number of aliphatic hydroxyl groups is 1. The first-order valence-electron chi connectivity index (χ1n) is 6.58. The van der Waals surface area contributed by atoms with Gasteiger partial charge in [-0.1, -0.05) is 44.2 Å². The Labute approximate surface area is 113 Å². The summed E-state index contributed by atoms with van der Waals surface area (Å²) in [6.45, 7) is 5.79. The molecule has 0 bridgehead atoms. The van der Waals surface area contributed by atoms with Crippen LogP contribution in [0.15, 0.2) is 35.4 Å². The van der Waals surface area contributed by atoms with Crippen LogP contribution in [0, 0.1) is 5.92 Å². The minimum Gasteiger partial charge on any atom is -0.365 e. The predicted molar refractivity (Wildman–Crippen MR) is 74.4 cm³/mol. The molecule has 0 fully saturated rings. The van der Waals surface area contributed by atoms with Crippen molar-refractivity contribution in [2.45, 2.75) is 39.3 Å². The Hall–Kier alpha value is -1.68. The summed E-state index contributed by atoms with van der Waals surface area (Å²) in [6.07, 6.45) is 0.743. The number of carbonyl (C=O) groups excluding carboxylic acids is 1. The van der Waals surface area contributed by atoms with E-state index in [4.69, 9.17) is 0 Å². The topological polar surface area (TPSA) is 52.9 Å². The van der Waals surface area contributed by atoms with Gasteiger partial charge in [0.2, 0.25) is 5.91 Å². The molecule has 0 saturated heterocycles. The van der Waals surface area contributed by atoms with Crippen LogP contribution in [0.4, 0.5) is 0 Å². The molecule has 4 heteroatoms. The van der Waals surface area contributed by atoms with Crippen molar-refractivity contribution in [2.24, 2.45) is 11.0 Å². The summed E-state index contributed by atoms with van der Waals surface area (Å²) in [5, 5.41) is 16.3. The molecule has 0 aliphatic carbocycles. The van der Waals surface area contributed by atoms with E-state index in [1.807, 2.05) is 51.1 Å². The van der Waals surface area contributed by atoms with Gasteiger partial charge < -0.3 is 5.11 Å². The lowest BCUT2D eigenvalue weighted by molar-refractivity contribution is -0.158. The smallest absolute Gasteiger partial charge is 0.245 e. The van der Waals surface area contributed by atoms with E-state index in [9.17, 15) is 9.90 Å². The maximum Gasteiger partial charge on any atom is 0.245 e. The third kappa shape index (κ3) is 2.68. The van der Waals surface area contributed by atoms with Crippen molar-refractivity contribution in [3.05, 3.63) is 35.9 Å². The predicted octanol–water partition coefficient (Wildman–Crippen LogP) is 2.49. The number of nitrogens with zero attached hydrogens (tertiary/aromatic N) is 2. The number of carbonyl (C=O) groups is 1. The molecule has 1 aliphatic rings. The fourth-order valence-electron chi connectivity index (χ4n) is 2.35. The lowest BCUT2D eigenvalue weighted by atomic mass is 9.97. The van der Waals surface area contributed by atoms with Crippen LogP contribution in [-0.4, -0.2) is 21.7 Å². The van der Waals surface area contributed by atoms with Crippen LogP contribution in [0.3, 0.4) is 0 Å². The van der Waals surface area contributed by atoms with Gasteiger partial charge in [0, 0.05) is 24.1 Å². The molecule has 4 nitrogen and oxygen atoms in total. The van der Waals surface area contributed by atoms with Gasteiger partial charge >= 0.3 is 0 Å². The van der Waals surface area contributed by atoms with Crippen LogP contribution in [0.2, 0.25) is 0 Å². The molecule has 0 radical (unpaired) electrons. The van der Waals surface area contributed by atoms with E-state index in [1.54, 1.807) is 0 Å². The third-order valence-corrected chi connectivity index (χ3v) is 3.18. The summed E-state index contributed by atoms with van der Waals surface area (Å²) in [5.74, 6) is 0.0989. The Balaban J connectivity index is 2.32. The second kappa shape index (κ2) is 5.13. The zero-order valence-corrected chi connectivity index (χ0v) is 11.6. The van der Waals surface area contributed by atoms with E-state index in [2.05, 4.69) is 5.10 Å². The first-order chi connectivity index (χ1) is 8.93. The van der Waals surface area contributed by atoms with Crippen molar-refractivity contribution in [1.82, 2.24) is 5.01 Å². The van der Waals surface area contributed by atoms with Crippen molar-refractivity contribution in [3.8, 4) is 0 Å². The van der Waals surface area contributed by atoms with Gasteiger partial charge in [-0.05, 0) is 12.8 Å². The molecule has 1 amide bonds. The van der Waals surface area contributed by atoms with Crippen LogP contribution < -0.4 is 0 Å². The average Bonchev–Trinajstić information content (AvgIpc) is 2.66. The van der Waals surface area contributed by atoms with E-state index >= 15 is 0 Å². The molecular formula is C15H20N2O2. The number of rotatable bonds is 3. The van der Waals surface area contributed by atoms with Gasteiger partial charge in [0.05, 0.1) is 0 Å². The largest absolute Gasteiger partial charge is 0.365 e. The number of hydrogen-bond donors (Lipinski definition) is 1. The van der Waals surface area contributed by atoms with Gasteiger partial charge in [0.25, 0.3) is 0 Å². The molecule has 1 heterocycles. The zero-order valence-electron chi connectivity index (χ0n) is 11.6. The van der Waals surface area contributed by atoms with Crippen LogP contribution in [-0.2, 0) is 10.5 Å². The fraction of sp³-hybridized carbons (Fsp3) is 0.467. The minimum absolute atomic E-state index is 0.141. The van der Waals surface area contributed by atoms with Crippen molar-refractivity contribution >= 4 is 11.6 Å². The summed E-state index contributed by atoms with van der Waals surface area (Å²) in [7, 11) is 0. The van der Waals surface area contributed by atoms with Gasteiger partial charge in [-0.3, -0.25) is 4.79 Å². The fourth-order valence-corrected chi connectivity index (χ4v) is 2.35. The van der Waals surface area contributed by atoms with Crippen LogP contribution in [0.5, 0.6) is 0 Å². The highest BCUT2D eigenvalue weighted by atomic mass is 16.3. The Kier molecular flexibility index (Phi) is 3.71. The van der Waals surface area contributed by atoms with Gasteiger partial charge in [0.1, 0.15) is 0 Å². The molecule has 0 saturated carbocycles. The minimum atomic E-state index is -1.34. The Bertz CT molecular complexity index is 496. The van der Waals surface area contributed by atoms with Gasteiger partial charge in [-0.15, -0.1) is 0 Å². The first kappa shape index (κ1) is 13.7. The van der Waals surface area contributed by atoms with Crippen LogP contribution >= 0.6 is 0 Å². The van der Waals surface area contributed by atoms with E-state index < -0.39 is 5.72 Å². The molecule has 1 aromatic rings. The highest BCUT2D eigenvalue weighted by Gasteiger charge is 2.44. The van der Waals surface area contributed by atoms with Crippen molar-refractivity contribution in [2.75, 3.05) is 0 Å². The SMILES string of the molecule is CC1=NN(C(=O)CC(C)C)C(O)(c2ccccc2)C1. The Morgan fingerprint density at radius 3 is 2.63 bits per heavy atom. The zero-order chi connectivity index (χ0) is 14.0. The second-order valence-corrected chi connectivity index (χ2v) is 5.50. The first-order valence-corrected chi connectivity index (χ1v) is 6.58. The van der Waals surface area contributed by atoms with E-state index in [-0.39, 0.29) is 11.8 Å². The summed E-state index contributed by atoms with van der Waals surface area (Å²) in [4.78, 5) is 12.2. The molecule has 19 heavy (non-hydrogen) atoms. The highest BCUT2D eigenvalue weighted by Crippen LogP contribution is 2.35. The maximum absolute atomic E-state index is 12.2. The Morgan fingerprint density at radius 2 is 2.05 bits per heavy atom. The molecule has 1 unspecified atom stereocenters. The average molecular weight is 260 g/mol. The lowest BCUT2D eigenvalue weighted by Crippen LogP contribution is -2.43. The monoisotopic (exact) mass is 260 g/mol. The summed E-state index contributed by atoms with van der Waals surface area (Å²) in [6, 6.07) is 9.24. The molecular weight excluding hydrogens is 240 g/mol. The number of amides is 1. The number of hydrazone groups is 1. The van der Waals surface area contributed by atoms with Crippen LogP contribution in [0.25, 0.3) is 0 Å². The van der Waals surface area contributed by atoms with Gasteiger partial charge in [-0.2, -0.15) is 10.1 Å². The summed E-state index contributed by atoms with van der Waals surface area (Å²) >= 11 is 0. The molecule has 0 aromatic heterocycles. The maximum atomic E-state index is 12.2. The molecule has 1 aromatic carbocycles. The highest BCUT2D eigenvalue weighted by molar-refractivity contribution is 5.89. The van der Waals surface area contributed by atoms with Crippen molar-refractivity contribution in [3.63, 3.8) is 0 Å². The third-order valence-electron chi connectivity index (χ3n) is 3.18.